The lowest BCUT2D eigenvalue weighted by atomic mass is 9.86. The predicted molar refractivity (Wildman–Crippen MR) is 74.3 cm³/mol. The van der Waals surface area contributed by atoms with Crippen LogP contribution in [0.1, 0.15) is 59.3 Å². The van der Waals surface area contributed by atoms with Crippen LogP contribution in [0.5, 0.6) is 0 Å². The van der Waals surface area contributed by atoms with Gasteiger partial charge in [-0.05, 0) is 37.5 Å². The van der Waals surface area contributed by atoms with Crippen LogP contribution in [0.4, 0.5) is 0 Å². The van der Waals surface area contributed by atoms with E-state index in [4.69, 9.17) is 4.74 Å². The van der Waals surface area contributed by atoms with Crippen LogP contribution in [0.3, 0.4) is 0 Å². The molecule has 0 bridgehead atoms. The van der Waals surface area contributed by atoms with Crippen LogP contribution < -0.4 is 5.32 Å². The van der Waals surface area contributed by atoms with Crippen molar-refractivity contribution in [1.82, 2.24) is 5.32 Å². The zero-order valence-electron chi connectivity index (χ0n) is 12.0. The molecule has 1 fully saturated rings. The molecule has 0 saturated heterocycles. The van der Waals surface area contributed by atoms with E-state index in [0.29, 0.717) is 0 Å². The maximum Gasteiger partial charge on any atom is 0.0591 e. The summed E-state index contributed by atoms with van der Waals surface area (Å²) in [5.74, 6) is 1.66. The molecule has 2 nitrogen and oxygen atoms in total. The fourth-order valence-electron chi connectivity index (χ4n) is 2.63. The number of hydrogen-bond acceptors (Lipinski definition) is 2. The van der Waals surface area contributed by atoms with Crippen LogP contribution >= 0.6 is 0 Å². The lowest BCUT2D eigenvalue weighted by Gasteiger charge is -2.29. The van der Waals surface area contributed by atoms with Gasteiger partial charge in [0.15, 0.2) is 0 Å². The van der Waals surface area contributed by atoms with Gasteiger partial charge in [-0.1, -0.05) is 33.6 Å². The van der Waals surface area contributed by atoms with Crippen molar-refractivity contribution >= 4 is 0 Å². The molecular weight excluding hydrogens is 210 g/mol. The van der Waals surface area contributed by atoms with Gasteiger partial charge in [-0.3, -0.25) is 0 Å². The van der Waals surface area contributed by atoms with E-state index in [0.717, 1.165) is 37.6 Å². The molecule has 0 aromatic carbocycles. The number of rotatable bonds is 8. The zero-order valence-corrected chi connectivity index (χ0v) is 12.0. The summed E-state index contributed by atoms with van der Waals surface area (Å²) >= 11 is 0. The smallest absolute Gasteiger partial charge is 0.0591 e. The number of ether oxygens (including phenoxy) is 1. The van der Waals surface area contributed by atoms with E-state index in [1.54, 1.807) is 0 Å². The average molecular weight is 241 g/mol. The van der Waals surface area contributed by atoms with Gasteiger partial charge < -0.3 is 10.1 Å². The Morgan fingerprint density at radius 2 is 1.94 bits per heavy atom. The molecule has 0 amide bonds. The van der Waals surface area contributed by atoms with Crippen molar-refractivity contribution in [2.24, 2.45) is 11.8 Å². The summed E-state index contributed by atoms with van der Waals surface area (Å²) in [5.41, 5.74) is 0. The minimum Gasteiger partial charge on any atom is -0.380 e. The molecule has 0 spiro atoms. The Balaban J connectivity index is 1.89. The molecular formula is C15H31NO. The van der Waals surface area contributed by atoms with Gasteiger partial charge in [0.25, 0.3) is 0 Å². The molecule has 0 aromatic heterocycles. The second-order valence-corrected chi connectivity index (χ2v) is 5.97. The summed E-state index contributed by atoms with van der Waals surface area (Å²) in [6, 6.07) is 0.739. The summed E-state index contributed by atoms with van der Waals surface area (Å²) in [7, 11) is 0. The second kappa shape index (κ2) is 8.93. The van der Waals surface area contributed by atoms with Crippen LogP contribution in [-0.4, -0.2) is 25.8 Å². The maximum atomic E-state index is 5.65. The third-order valence-corrected chi connectivity index (χ3v) is 3.83. The summed E-state index contributed by atoms with van der Waals surface area (Å²) < 4.78 is 5.65. The molecule has 2 heteroatoms. The number of hydrogen-bond donors (Lipinski definition) is 1. The van der Waals surface area contributed by atoms with Gasteiger partial charge in [0.2, 0.25) is 0 Å². The SMILES string of the molecule is CC(C)CCCOCCNC1CCCCC1C. The van der Waals surface area contributed by atoms with Crippen molar-refractivity contribution in [1.29, 1.82) is 0 Å². The van der Waals surface area contributed by atoms with Gasteiger partial charge in [0, 0.05) is 19.2 Å². The van der Waals surface area contributed by atoms with E-state index in [9.17, 15) is 0 Å². The molecule has 1 rings (SSSR count). The van der Waals surface area contributed by atoms with E-state index in [-0.39, 0.29) is 0 Å². The Hall–Kier alpha value is -0.0800. The van der Waals surface area contributed by atoms with E-state index >= 15 is 0 Å². The van der Waals surface area contributed by atoms with Crippen molar-refractivity contribution in [2.75, 3.05) is 19.8 Å². The summed E-state index contributed by atoms with van der Waals surface area (Å²) in [5, 5.41) is 3.65. The van der Waals surface area contributed by atoms with Gasteiger partial charge in [0.05, 0.1) is 6.61 Å². The van der Waals surface area contributed by atoms with Crippen molar-refractivity contribution in [2.45, 2.75) is 65.3 Å². The third-order valence-electron chi connectivity index (χ3n) is 3.83. The largest absolute Gasteiger partial charge is 0.380 e. The highest BCUT2D eigenvalue weighted by molar-refractivity contribution is 4.77. The first-order chi connectivity index (χ1) is 8.20. The van der Waals surface area contributed by atoms with Crippen LogP contribution in [-0.2, 0) is 4.74 Å². The third kappa shape index (κ3) is 7.05. The topological polar surface area (TPSA) is 21.3 Å². The molecule has 0 aromatic rings. The lowest BCUT2D eigenvalue weighted by Crippen LogP contribution is -2.38. The molecule has 1 saturated carbocycles. The Morgan fingerprint density at radius 1 is 1.18 bits per heavy atom. The molecule has 0 aliphatic heterocycles. The van der Waals surface area contributed by atoms with E-state index in [1.807, 2.05) is 0 Å². The van der Waals surface area contributed by atoms with Crippen molar-refractivity contribution in [3.63, 3.8) is 0 Å². The van der Waals surface area contributed by atoms with Gasteiger partial charge in [-0.15, -0.1) is 0 Å². The van der Waals surface area contributed by atoms with Gasteiger partial charge >= 0.3 is 0 Å². The van der Waals surface area contributed by atoms with Crippen LogP contribution in [0.2, 0.25) is 0 Å². The molecule has 1 aliphatic rings. The standard InChI is InChI=1S/C15H31NO/c1-13(2)7-6-11-17-12-10-16-15-9-5-4-8-14(15)3/h13-16H,4-12H2,1-3H3. The van der Waals surface area contributed by atoms with E-state index in [2.05, 4.69) is 26.1 Å². The fraction of sp³-hybridized carbons (Fsp3) is 1.00. The Kier molecular flexibility index (Phi) is 7.87. The molecule has 0 radical (unpaired) electrons. The highest BCUT2D eigenvalue weighted by atomic mass is 16.5. The highest BCUT2D eigenvalue weighted by Gasteiger charge is 2.19. The first-order valence-corrected chi connectivity index (χ1v) is 7.51. The first kappa shape index (κ1) is 15.0. The summed E-state index contributed by atoms with van der Waals surface area (Å²) in [4.78, 5) is 0. The minimum absolute atomic E-state index is 0.739. The summed E-state index contributed by atoms with van der Waals surface area (Å²) in [6.45, 7) is 9.75. The predicted octanol–water partition coefficient (Wildman–Crippen LogP) is 3.61. The Labute approximate surface area is 108 Å². The number of nitrogens with one attached hydrogen (secondary N) is 1. The Bertz CT molecular complexity index is 182. The van der Waals surface area contributed by atoms with Crippen molar-refractivity contribution < 1.29 is 4.74 Å². The van der Waals surface area contributed by atoms with E-state index < -0.39 is 0 Å². The minimum atomic E-state index is 0.739. The van der Waals surface area contributed by atoms with Gasteiger partial charge in [-0.25, -0.2) is 0 Å². The molecule has 102 valence electrons. The first-order valence-electron chi connectivity index (χ1n) is 7.51. The van der Waals surface area contributed by atoms with Gasteiger partial charge in [-0.2, -0.15) is 0 Å². The molecule has 1 N–H and O–H groups in total. The highest BCUT2D eigenvalue weighted by Crippen LogP contribution is 2.23. The van der Waals surface area contributed by atoms with E-state index in [1.165, 1.54) is 38.5 Å². The van der Waals surface area contributed by atoms with Crippen molar-refractivity contribution in [3.8, 4) is 0 Å². The normalized spacial score (nSPS) is 25.4. The Morgan fingerprint density at radius 3 is 2.65 bits per heavy atom. The molecule has 1 aliphatic carbocycles. The second-order valence-electron chi connectivity index (χ2n) is 5.97. The molecule has 17 heavy (non-hydrogen) atoms. The van der Waals surface area contributed by atoms with Crippen LogP contribution in [0.25, 0.3) is 0 Å². The maximum absolute atomic E-state index is 5.65. The molecule has 0 heterocycles. The fourth-order valence-corrected chi connectivity index (χ4v) is 2.63. The average Bonchev–Trinajstić information content (AvgIpc) is 2.30. The van der Waals surface area contributed by atoms with Crippen LogP contribution in [0, 0.1) is 11.8 Å². The monoisotopic (exact) mass is 241 g/mol. The van der Waals surface area contributed by atoms with Crippen molar-refractivity contribution in [3.05, 3.63) is 0 Å². The zero-order chi connectivity index (χ0) is 12.5. The quantitative estimate of drug-likeness (QED) is 0.656. The molecule has 2 atom stereocenters. The summed E-state index contributed by atoms with van der Waals surface area (Å²) in [6.07, 6.45) is 8.06. The lowest BCUT2D eigenvalue weighted by molar-refractivity contribution is 0.123. The molecule has 2 unspecified atom stereocenters. The van der Waals surface area contributed by atoms with Gasteiger partial charge in [0.1, 0.15) is 0 Å². The van der Waals surface area contributed by atoms with Crippen LogP contribution in [0.15, 0.2) is 0 Å².